The molecule has 1 aliphatic rings. The molecule has 0 spiro atoms. The summed E-state index contributed by atoms with van der Waals surface area (Å²) < 4.78 is 11.2. The highest BCUT2D eigenvalue weighted by molar-refractivity contribution is 5.97. The fraction of sp³-hybridized carbons (Fsp3) is 0.400. The number of para-hydroxylation sites is 1. The third kappa shape index (κ3) is 3.73. The first-order valence-electron chi connectivity index (χ1n) is 6.36. The third-order valence-corrected chi connectivity index (χ3v) is 2.93. The van der Waals surface area contributed by atoms with Gasteiger partial charge in [0.1, 0.15) is 12.4 Å². The van der Waals surface area contributed by atoms with Gasteiger partial charge in [-0.2, -0.15) is 0 Å². The lowest BCUT2D eigenvalue weighted by molar-refractivity contribution is 0.0671. The average Bonchev–Trinajstić information content (AvgIpc) is 2.96. The van der Waals surface area contributed by atoms with Crippen LogP contribution in [0.4, 0.5) is 0 Å². The number of terminal acetylenes is 1. The standard InChI is InChI=1S/C15H17NO3/c1-2-9-16-15(17)13-7-3-4-8-14(13)19-11-12-6-5-10-18-12/h1,3-4,7-8,12H,5-6,9-11H2,(H,16,17)/t12-/m0/s1. The molecule has 1 N–H and O–H groups in total. The molecule has 1 aliphatic heterocycles. The summed E-state index contributed by atoms with van der Waals surface area (Å²) in [4.78, 5) is 11.9. The zero-order chi connectivity index (χ0) is 13.5. The minimum Gasteiger partial charge on any atom is -0.490 e. The summed E-state index contributed by atoms with van der Waals surface area (Å²) in [5.74, 6) is 2.71. The molecule has 0 aliphatic carbocycles. The van der Waals surface area contributed by atoms with Crippen LogP contribution in [0.3, 0.4) is 0 Å². The van der Waals surface area contributed by atoms with Crippen molar-refractivity contribution in [1.82, 2.24) is 5.32 Å². The van der Waals surface area contributed by atoms with E-state index in [0.717, 1.165) is 19.4 Å². The Kier molecular flexibility index (Phi) is 4.82. The van der Waals surface area contributed by atoms with Gasteiger partial charge in [-0.05, 0) is 25.0 Å². The van der Waals surface area contributed by atoms with Crippen molar-refractivity contribution in [3.8, 4) is 18.1 Å². The predicted octanol–water partition coefficient (Wildman–Crippen LogP) is 1.61. The molecule has 0 bridgehead atoms. The quantitative estimate of drug-likeness (QED) is 0.817. The number of hydrogen-bond acceptors (Lipinski definition) is 3. The van der Waals surface area contributed by atoms with Gasteiger partial charge in [-0.3, -0.25) is 4.79 Å². The molecule has 0 radical (unpaired) electrons. The number of hydrogen-bond donors (Lipinski definition) is 1. The molecule has 0 aromatic heterocycles. The first kappa shape index (κ1) is 13.4. The first-order valence-corrected chi connectivity index (χ1v) is 6.36. The van der Waals surface area contributed by atoms with Gasteiger partial charge in [0.15, 0.2) is 0 Å². The Morgan fingerprint density at radius 2 is 2.37 bits per heavy atom. The van der Waals surface area contributed by atoms with E-state index in [4.69, 9.17) is 15.9 Å². The molecular weight excluding hydrogens is 242 g/mol. The Hall–Kier alpha value is -1.99. The molecule has 100 valence electrons. The van der Waals surface area contributed by atoms with E-state index >= 15 is 0 Å². The maximum absolute atomic E-state index is 11.9. The third-order valence-electron chi connectivity index (χ3n) is 2.93. The van der Waals surface area contributed by atoms with E-state index < -0.39 is 0 Å². The molecule has 0 unspecified atom stereocenters. The number of carbonyl (C=O) groups is 1. The SMILES string of the molecule is C#CCNC(=O)c1ccccc1OC[C@@H]1CCCO1. The summed E-state index contributed by atoms with van der Waals surface area (Å²) >= 11 is 0. The lowest BCUT2D eigenvalue weighted by atomic mass is 10.2. The van der Waals surface area contributed by atoms with Crippen LogP contribution in [0.1, 0.15) is 23.2 Å². The van der Waals surface area contributed by atoms with Crippen molar-refractivity contribution in [1.29, 1.82) is 0 Å². The van der Waals surface area contributed by atoms with Crippen LogP contribution >= 0.6 is 0 Å². The maximum atomic E-state index is 11.9. The Morgan fingerprint density at radius 1 is 1.53 bits per heavy atom. The second kappa shape index (κ2) is 6.81. The van der Waals surface area contributed by atoms with Gasteiger partial charge in [0, 0.05) is 6.61 Å². The molecule has 1 saturated heterocycles. The molecule has 1 aromatic rings. The Morgan fingerprint density at radius 3 is 3.11 bits per heavy atom. The minimum absolute atomic E-state index is 0.127. The predicted molar refractivity (Wildman–Crippen MR) is 72.1 cm³/mol. The number of benzene rings is 1. The van der Waals surface area contributed by atoms with E-state index in [1.165, 1.54) is 0 Å². The zero-order valence-corrected chi connectivity index (χ0v) is 10.7. The molecule has 1 heterocycles. The van der Waals surface area contributed by atoms with Gasteiger partial charge in [0.25, 0.3) is 5.91 Å². The molecule has 4 nitrogen and oxygen atoms in total. The summed E-state index contributed by atoms with van der Waals surface area (Å²) in [6.07, 6.45) is 7.32. The van der Waals surface area contributed by atoms with Crippen LogP contribution in [0.2, 0.25) is 0 Å². The van der Waals surface area contributed by atoms with Crippen LogP contribution in [0.15, 0.2) is 24.3 Å². The Bertz CT molecular complexity index is 473. The maximum Gasteiger partial charge on any atom is 0.255 e. The molecule has 4 heteroatoms. The largest absolute Gasteiger partial charge is 0.490 e. The second-order valence-corrected chi connectivity index (χ2v) is 4.33. The molecule has 2 rings (SSSR count). The number of rotatable bonds is 5. The van der Waals surface area contributed by atoms with Crippen molar-refractivity contribution in [2.75, 3.05) is 19.8 Å². The topological polar surface area (TPSA) is 47.6 Å². The first-order chi connectivity index (χ1) is 9.31. The monoisotopic (exact) mass is 259 g/mol. The van der Waals surface area contributed by atoms with Gasteiger partial charge in [-0.1, -0.05) is 18.1 Å². The van der Waals surface area contributed by atoms with Gasteiger partial charge < -0.3 is 14.8 Å². The molecule has 1 atom stereocenters. The van der Waals surface area contributed by atoms with Crippen LogP contribution in [0, 0.1) is 12.3 Å². The van der Waals surface area contributed by atoms with Gasteiger partial charge in [0.05, 0.1) is 18.2 Å². The fourth-order valence-electron chi connectivity index (χ4n) is 1.97. The van der Waals surface area contributed by atoms with Gasteiger partial charge in [0.2, 0.25) is 0 Å². The minimum atomic E-state index is -0.221. The molecular formula is C15H17NO3. The lowest BCUT2D eigenvalue weighted by Gasteiger charge is -2.14. The van der Waals surface area contributed by atoms with E-state index in [1.807, 2.05) is 6.07 Å². The van der Waals surface area contributed by atoms with Crippen molar-refractivity contribution >= 4 is 5.91 Å². The molecule has 19 heavy (non-hydrogen) atoms. The highest BCUT2D eigenvalue weighted by Gasteiger charge is 2.18. The Balaban J connectivity index is 1.99. The highest BCUT2D eigenvalue weighted by Crippen LogP contribution is 2.20. The van der Waals surface area contributed by atoms with Crippen molar-refractivity contribution in [2.24, 2.45) is 0 Å². The van der Waals surface area contributed by atoms with Crippen molar-refractivity contribution in [3.05, 3.63) is 29.8 Å². The smallest absolute Gasteiger partial charge is 0.255 e. The van der Waals surface area contributed by atoms with E-state index in [2.05, 4.69) is 11.2 Å². The van der Waals surface area contributed by atoms with Crippen LogP contribution in [-0.4, -0.2) is 31.8 Å². The van der Waals surface area contributed by atoms with E-state index in [1.54, 1.807) is 18.2 Å². The zero-order valence-electron chi connectivity index (χ0n) is 10.7. The van der Waals surface area contributed by atoms with E-state index in [0.29, 0.717) is 17.9 Å². The van der Waals surface area contributed by atoms with Gasteiger partial charge >= 0.3 is 0 Å². The normalized spacial score (nSPS) is 17.7. The molecule has 0 saturated carbocycles. The van der Waals surface area contributed by atoms with Crippen molar-refractivity contribution < 1.29 is 14.3 Å². The summed E-state index contributed by atoms with van der Waals surface area (Å²) in [7, 11) is 0. The number of ether oxygens (including phenoxy) is 2. The summed E-state index contributed by atoms with van der Waals surface area (Å²) in [5, 5.41) is 2.63. The summed E-state index contributed by atoms with van der Waals surface area (Å²) in [6, 6.07) is 7.13. The number of amides is 1. The Labute approximate surface area is 113 Å². The van der Waals surface area contributed by atoms with Crippen molar-refractivity contribution in [3.63, 3.8) is 0 Å². The lowest BCUT2D eigenvalue weighted by Crippen LogP contribution is -2.25. The average molecular weight is 259 g/mol. The van der Waals surface area contributed by atoms with Crippen LogP contribution in [0.5, 0.6) is 5.75 Å². The number of carbonyl (C=O) groups excluding carboxylic acids is 1. The summed E-state index contributed by atoms with van der Waals surface area (Å²) in [5.41, 5.74) is 0.496. The molecule has 1 amide bonds. The van der Waals surface area contributed by atoms with Crippen LogP contribution in [0.25, 0.3) is 0 Å². The highest BCUT2D eigenvalue weighted by atomic mass is 16.5. The molecule has 1 aromatic carbocycles. The van der Waals surface area contributed by atoms with E-state index in [-0.39, 0.29) is 18.6 Å². The van der Waals surface area contributed by atoms with Gasteiger partial charge in [-0.25, -0.2) is 0 Å². The molecule has 1 fully saturated rings. The van der Waals surface area contributed by atoms with Crippen LogP contribution in [-0.2, 0) is 4.74 Å². The van der Waals surface area contributed by atoms with Crippen LogP contribution < -0.4 is 10.1 Å². The van der Waals surface area contributed by atoms with Gasteiger partial charge in [-0.15, -0.1) is 6.42 Å². The summed E-state index contributed by atoms with van der Waals surface area (Å²) in [6.45, 7) is 1.47. The fourth-order valence-corrected chi connectivity index (χ4v) is 1.97. The van der Waals surface area contributed by atoms with E-state index in [9.17, 15) is 4.79 Å². The van der Waals surface area contributed by atoms with Crippen molar-refractivity contribution in [2.45, 2.75) is 18.9 Å². The number of nitrogens with one attached hydrogen (secondary N) is 1. The second-order valence-electron chi connectivity index (χ2n) is 4.33.